The van der Waals surface area contributed by atoms with Gasteiger partial charge in [-0.2, -0.15) is 0 Å². The van der Waals surface area contributed by atoms with E-state index in [1.54, 1.807) is 50.7 Å². The summed E-state index contributed by atoms with van der Waals surface area (Å²) in [5, 5.41) is 5.64. The van der Waals surface area contributed by atoms with Gasteiger partial charge in [0.1, 0.15) is 5.75 Å². The normalized spacial score (nSPS) is 10.2. The van der Waals surface area contributed by atoms with E-state index in [1.807, 2.05) is 12.1 Å². The van der Waals surface area contributed by atoms with E-state index in [2.05, 4.69) is 15.6 Å². The fourth-order valence-electron chi connectivity index (χ4n) is 3.32. The first-order valence-electron chi connectivity index (χ1n) is 10.5. The number of hydrogen-bond donors (Lipinski definition) is 2. The van der Waals surface area contributed by atoms with Crippen molar-refractivity contribution in [3.8, 4) is 23.0 Å². The van der Waals surface area contributed by atoms with Crippen molar-refractivity contribution >= 4 is 23.2 Å². The summed E-state index contributed by atoms with van der Waals surface area (Å²) < 4.78 is 21.4. The summed E-state index contributed by atoms with van der Waals surface area (Å²) in [5.41, 5.74) is 2.32. The number of carbonyl (C=O) groups is 2. The highest BCUT2D eigenvalue weighted by molar-refractivity contribution is 6.05. The molecule has 9 nitrogen and oxygen atoms in total. The van der Waals surface area contributed by atoms with Crippen molar-refractivity contribution in [1.29, 1.82) is 0 Å². The Morgan fingerprint density at radius 2 is 1.56 bits per heavy atom. The molecule has 0 unspecified atom stereocenters. The van der Waals surface area contributed by atoms with Crippen molar-refractivity contribution in [2.75, 3.05) is 39.1 Å². The number of amides is 2. The van der Waals surface area contributed by atoms with Crippen LogP contribution in [0, 0.1) is 0 Å². The zero-order valence-corrected chi connectivity index (χ0v) is 19.5. The second-order valence-corrected chi connectivity index (χ2v) is 7.19. The molecular formula is C25H27N3O6. The van der Waals surface area contributed by atoms with Gasteiger partial charge in [0.15, 0.2) is 11.5 Å². The SMILES string of the molecule is COc1cc(NC(=O)CCc2cc(OC)c(OC)c(OC)c2)ccc1NC(=O)c1cccnc1. The summed E-state index contributed by atoms with van der Waals surface area (Å²) in [7, 11) is 6.12. The second-order valence-electron chi connectivity index (χ2n) is 7.19. The molecule has 0 saturated carbocycles. The van der Waals surface area contributed by atoms with E-state index in [9.17, 15) is 9.59 Å². The number of methoxy groups -OCH3 is 4. The second kappa shape index (κ2) is 11.6. The smallest absolute Gasteiger partial charge is 0.257 e. The van der Waals surface area contributed by atoms with Crippen molar-refractivity contribution in [2.45, 2.75) is 12.8 Å². The Kier molecular flexibility index (Phi) is 8.28. The molecular weight excluding hydrogens is 438 g/mol. The third-order valence-corrected chi connectivity index (χ3v) is 5.02. The Balaban J connectivity index is 1.64. The number of aryl methyl sites for hydroxylation is 1. The van der Waals surface area contributed by atoms with Crippen LogP contribution in [0.1, 0.15) is 22.3 Å². The monoisotopic (exact) mass is 465 g/mol. The molecule has 0 aliphatic rings. The fraction of sp³-hybridized carbons (Fsp3) is 0.240. The van der Waals surface area contributed by atoms with Crippen LogP contribution in [0.4, 0.5) is 11.4 Å². The summed E-state index contributed by atoms with van der Waals surface area (Å²) in [6.45, 7) is 0. The lowest BCUT2D eigenvalue weighted by molar-refractivity contribution is -0.116. The van der Waals surface area contributed by atoms with Gasteiger partial charge in [-0.05, 0) is 48.4 Å². The third kappa shape index (κ3) is 5.94. The van der Waals surface area contributed by atoms with Gasteiger partial charge in [-0.1, -0.05) is 0 Å². The maximum Gasteiger partial charge on any atom is 0.257 e. The predicted octanol–water partition coefficient (Wildman–Crippen LogP) is 3.94. The molecule has 0 spiro atoms. The number of hydrogen-bond acceptors (Lipinski definition) is 7. The maximum absolute atomic E-state index is 12.5. The molecule has 0 atom stereocenters. The molecule has 178 valence electrons. The number of nitrogens with one attached hydrogen (secondary N) is 2. The molecule has 3 rings (SSSR count). The highest BCUT2D eigenvalue weighted by atomic mass is 16.5. The van der Waals surface area contributed by atoms with Crippen molar-refractivity contribution in [3.05, 3.63) is 66.0 Å². The molecule has 0 aliphatic heterocycles. The van der Waals surface area contributed by atoms with Crippen LogP contribution in [-0.2, 0) is 11.2 Å². The number of rotatable bonds is 10. The van der Waals surface area contributed by atoms with Crippen LogP contribution in [0.3, 0.4) is 0 Å². The first kappa shape index (κ1) is 24.4. The lowest BCUT2D eigenvalue weighted by Gasteiger charge is -2.14. The zero-order valence-electron chi connectivity index (χ0n) is 19.5. The Morgan fingerprint density at radius 3 is 2.15 bits per heavy atom. The van der Waals surface area contributed by atoms with Gasteiger partial charge in [0.05, 0.1) is 39.7 Å². The lowest BCUT2D eigenvalue weighted by atomic mass is 10.1. The van der Waals surface area contributed by atoms with E-state index in [4.69, 9.17) is 18.9 Å². The number of pyridine rings is 1. The molecule has 2 amide bonds. The first-order valence-corrected chi connectivity index (χ1v) is 10.5. The largest absolute Gasteiger partial charge is 0.494 e. The van der Waals surface area contributed by atoms with Crippen molar-refractivity contribution in [3.63, 3.8) is 0 Å². The molecule has 2 aromatic carbocycles. The molecule has 0 aliphatic carbocycles. The minimum Gasteiger partial charge on any atom is -0.494 e. The Morgan fingerprint density at radius 1 is 0.853 bits per heavy atom. The number of carbonyl (C=O) groups excluding carboxylic acids is 2. The van der Waals surface area contributed by atoms with Gasteiger partial charge in [-0.3, -0.25) is 14.6 Å². The van der Waals surface area contributed by atoms with Gasteiger partial charge in [0.25, 0.3) is 5.91 Å². The highest BCUT2D eigenvalue weighted by Gasteiger charge is 2.15. The van der Waals surface area contributed by atoms with Gasteiger partial charge in [0.2, 0.25) is 11.7 Å². The molecule has 2 N–H and O–H groups in total. The van der Waals surface area contributed by atoms with Crippen LogP contribution in [-0.4, -0.2) is 45.2 Å². The number of aromatic nitrogens is 1. The van der Waals surface area contributed by atoms with Crippen LogP contribution >= 0.6 is 0 Å². The molecule has 0 radical (unpaired) electrons. The minimum atomic E-state index is -0.312. The van der Waals surface area contributed by atoms with Crippen molar-refractivity contribution < 1.29 is 28.5 Å². The van der Waals surface area contributed by atoms with Gasteiger partial charge >= 0.3 is 0 Å². The van der Waals surface area contributed by atoms with Gasteiger partial charge in [0, 0.05) is 30.6 Å². The summed E-state index contributed by atoms with van der Waals surface area (Å²) in [5.74, 6) is 1.49. The molecule has 0 bridgehead atoms. The average molecular weight is 466 g/mol. The molecule has 1 heterocycles. The number of nitrogens with zero attached hydrogens (tertiary/aromatic N) is 1. The number of ether oxygens (including phenoxy) is 4. The van der Waals surface area contributed by atoms with Crippen LogP contribution in [0.5, 0.6) is 23.0 Å². The molecule has 3 aromatic rings. The Bertz CT molecular complexity index is 1130. The zero-order chi connectivity index (χ0) is 24.5. The van der Waals surface area contributed by atoms with E-state index in [0.717, 1.165) is 5.56 Å². The summed E-state index contributed by atoms with van der Waals surface area (Å²) in [4.78, 5) is 28.9. The van der Waals surface area contributed by atoms with Crippen molar-refractivity contribution in [1.82, 2.24) is 4.98 Å². The van der Waals surface area contributed by atoms with Crippen LogP contribution in [0.2, 0.25) is 0 Å². The predicted molar refractivity (Wildman–Crippen MR) is 128 cm³/mol. The number of anilines is 2. The first-order chi connectivity index (χ1) is 16.5. The summed E-state index contributed by atoms with van der Waals surface area (Å²) in [6.07, 6.45) is 3.78. The van der Waals surface area contributed by atoms with E-state index >= 15 is 0 Å². The van der Waals surface area contributed by atoms with Crippen LogP contribution in [0.25, 0.3) is 0 Å². The average Bonchev–Trinajstić information content (AvgIpc) is 2.87. The van der Waals surface area contributed by atoms with Gasteiger partial charge in [-0.15, -0.1) is 0 Å². The Labute approximate surface area is 198 Å². The minimum absolute atomic E-state index is 0.178. The van der Waals surface area contributed by atoms with E-state index in [1.165, 1.54) is 20.4 Å². The lowest BCUT2D eigenvalue weighted by Crippen LogP contribution is -2.14. The van der Waals surface area contributed by atoms with Crippen LogP contribution in [0.15, 0.2) is 54.9 Å². The quantitative estimate of drug-likeness (QED) is 0.467. The molecule has 34 heavy (non-hydrogen) atoms. The molecule has 1 aromatic heterocycles. The molecule has 0 fully saturated rings. The van der Waals surface area contributed by atoms with Crippen LogP contribution < -0.4 is 29.6 Å². The highest BCUT2D eigenvalue weighted by Crippen LogP contribution is 2.38. The fourth-order valence-corrected chi connectivity index (χ4v) is 3.32. The van der Waals surface area contributed by atoms with Crippen molar-refractivity contribution in [2.24, 2.45) is 0 Å². The van der Waals surface area contributed by atoms with E-state index < -0.39 is 0 Å². The molecule has 9 heteroatoms. The number of benzene rings is 2. The third-order valence-electron chi connectivity index (χ3n) is 5.02. The van der Waals surface area contributed by atoms with Gasteiger partial charge in [-0.25, -0.2) is 0 Å². The molecule has 0 saturated heterocycles. The maximum atomic E-state index is 12.5. The topological polar surface area (TPSA) is 108 Å². The summed E-state index contributed by atoms with van der Waals surface area (Å²) >= 11 is 0. The summed E-state index contributed by atoms with van der Waals surface area (Å²) in [6, 6.07) is 12.0. The van der Waals surface area contributed by atoms with Gasteiger partial charge < -0.3 is 29.6 Å². The van der Waals surface area contributed by atoms with E-state index in [-0.39, 0.29) is 18.2 Å². The van der Waals surface area contributed by atoms with E-state index in [0.29, 0.717) is 46.4 Å². The standard InChI is InChI=1S/C25H27N3O6/c1-31-20-14-18(8-9-19(20)28-25(30)17-6-5-11-26-15-17)27-23(29)10-7-16-12-21(32-2)24(34-4)22(13-16)33-3/h5-6,8-9,11-15H,7,10H2,1-4H3,(H,27,29)(H,28,30). The Hall–Kier alpha value is -4.27.